The SMILES string of the molecule is CCCC[C@H](CC)CNC(=O)C(=O)Nc1nccs1. The van der Waals surface area contributed by atoms with Gasteiger partial charge in [0, 0.05) is 18.1 Å². The van der Waals surface area contributed by atoms with Gasteiger partial charge in [-0.05, 0) is 12.3 Å². The Labute approximate surface area is 117 Å². The summed E-state index contributed by atoms with van der Waals surface area (Å²) in [6.07, 6.45) is 5.97. The van der Waals surface area contributed by atoms with Crippen molar-refractivity contribution in [2.24, 2.45) is 5.92 Å². The normalized spacial score (nSPS) is 11.9. The third kappa shape index (κ3) is 5.83. The third-order valence-electron chi connectivity index (χ3n) is 2.95. The molecule has 1 aromatic heterocycles. The number of hydrogen-bond donors (Lipinski definition) is 2. The summed E-state index contributed by atoms with van der Waals surface area (Å²) >= 11 is 1.29. The lowest BCUT2D eigenvalue weighted by Gasteiger charge is -2.14. The molecule has 0 spiro atoms. The maximum Gasteiger partial charge on any atom is 0.315 e. The monoisotopic (exact) mass is 283 g/mol. The zero-order chi connectivity index (χ0) is 14.1. The Morgan fingerprint density at radius 3 is 2.74 bits per heavy atom. The molecule has 2 N–H and O–H groups in total. The molecule has 0 unspecified atom stereocenters. The number of hydrogen-bond acceptors (Lipinski definition) is 4. The minimum absolute atomic E-state index is 0.441. The standard InChI is InChI=1S/C13H21N3O2S/c1-3-5-6-10(4-2)9-15-11(17)12(18)16-13-14-7-8-19-13/h7-8,10H,3-6,9H2,1-2H3,(H,15,17)(H,14,16,18)/t10-/m0/s1. The van der Waals surface area contributed by atoms with Crippen molar-refractivity contribution < 1.29 is 9.59 Å². The van der Waals surface area contributed by atoms with Crippen LogP contribution in [0.1, 0.15) is 39.5 Å². The molecule has 2 amide bonds. The molecule has 0 fully saturated rings. The minimum Gasteiger partial charge on any atom is -0.348 e. The summed E-state index contributed by atoms with van der Waals surface area (Å²) in [6, 6.07) is 0. The molecule has 5 nitrogen and oxygen atoms in total. The van der Waals surface area contributed by atoms with Crippen LogP contribution in [0, 0.1) is 5.92 Å². The van der Waals surface area contributed by atoms with Gasteiger partial charge in [-0.15, -0.1) is 11.3 Å². The van der Waals surface area contributed by atoms with Crippen LogP contribution in [0.25, 0.3) is 0 Å². The Hall–Kier alpha value is -1.43. The molecule has 0 saturated heterocycles. The number of amides is 2. The molecule has 0 aromatic carbocycles. The molecular formula is C13H21N3O2S. The summed E-state index contributed by atoms with van der Waals surface area (Å²) in [6.45, 7) is 4.80. The number of thiazole rings is 1. The molecule has 0 saturated carbocycles. The lowest BCUT2D eigenvalue weighted by molar-refractivity contribution is -0.136. The second-order valence-corrected chi connectivity index (χ2v) is 5.31. The fraction of sp³-hybridized carbons (Fsp3) is 0.615. The van der Waals surface area contributed by atoms with E-state index in [-0.39, 0.29) is 0 Å². The molecule has 19 heavy (non-hydrogen) atoms. The Bertz CT molecular complexity index is 393. The van der Waals surface area contributed by atoms with Crippen LogP contribution in [0.3, 0.4) is 0 Å². The van der Waals surface area contributed by atoms with Gasteiger partial charge in [-0.1, -0.05) is 33.1 Å². The summed E-state index contributed by atoms with van der Waals surface area (Å²) in [5, 5.41) is 7.33. The number of unbranched alkanes of at least 4 members (excludes halogenated alkanes) is 1. The average molecular weight is 283 g/mol. The zero-order valence-electron chi connectivity index (χ0n) is 11.4. The molecule has 0 aliphatic rings. The summed E-state index contributed by atoms with van der Waals surface area (Å²) in [5.74, 6) is -0.804. The number of carbonyl (C=O) groups is 2. The van der Waals surface area contributed by atoms with E-state index in [1.165, 1.54) is 11.3 Å². The molecule has 106 valence electrons. The molecule has 1 aromatic rings. The van der Waals surface area contributed by atoms with Crippen molar-refractivity contribution in [1.82, 2.24) is 10.3 Å². The van der Waals surface area contributed by atoms with Crippen molar-refractivity contribution in [3.05, 3.63) is 11.6 Å². The fourth-order valence-corrected chi connectivity index (χ4v) is 2.22. The van der Waals surface area contributed by atoms with E-state index >= 15 is 0 Å². The first-order chi connectivity index (χ1) is 9.17. The molecular weight excluding hydrogens is 262 g/mol. The first-order valence-corrected chi connectivity index (χ1v) is 7.54. The van der Waals surface area contributed by atoms with Gasteiger partial charge in [-0.3, -0.25) is 14.9 Å². The van der Waals surface area contributed by atoms with E-state index in [9.17, 15) is 9.59 Å². The maximum atomic E-state index is 11.6. The van der Waals surface area contributed by atoms with E-state index in [4.69, 9.17) is 0 Å². The second-order valence-electron chi connectivity index (χ2n) is 4.42. The highest BCUT2D eigenvalue weighted by atomic mass is 32.1. The summed E-state index contributed by atoms with van der Waals surface area (Å²) in [5.41, 5.74) is 0. The Kier molecular flexibility index (Phi) is 7.10. The zero-order valence-corrected chi connectivity index (χ0v) is 12.3. The number of nitrogens with one attached hydrogen (secondary N) is 2. The van der Waals surface area contributed by atoms with E-state index in [2.05, 4.69) is 29.5 Å². The van der Waals surface area contributed by atoms with Crippen molar-refractivity contribution in [2.45, 2.75) is 39.5 Å². The van der Waals surface area contributed by atoms with E-state index in [0.29, 0.717) is 17.6 Å². The Morgan fingerprint density at radius 2 is 2.16 bits per heavy atom. The molecule has 0 aliphatic heterocycles. The van der Waals surface area contributed by atoms with Gasteiger partial charge >= 0.3 is 11.8 Å². The van der Waals surface area contributed by atoms with E-state index in [0.717, 1.165) is 25.7 Å². The highest BCUT2D eigenvalue weighted by Gasteiger charge is 2.16. The predicted molar refractivity (Wildman–Crippen MR) is 77.1 cm³/mol. The number of carbonyl (C=O) groups excluding carboxylic acids is 2. The van der Waals surface area contributed by atoms with Gasteiger partial charge in [-0.25, -0.2) is 4.98 Å². The first kappa shape index (κ1) is 15.6. The number of rotatable bonds is 7. The molecule has 1 atom stereocenters. The van der Waals surface area contributed by atoms with E-state index in [1.54, 1.807) is 11.6 Å². The summed E-state index contributed by atoms with van der Waals surface area (Å²) < 4.78 is 0. The second kappa shape index (κ2) is 8.63. The van der Waals surface area contributed by atoms with Gasteiger partial charge in [0.2, 0.25) is 0 Å². The van der Waals surface area contributed by atoms with Gasteiger partial charge in [0.25, 0.3) is 0 Å². The van der Waals surface area contributed by atoms with Crippen LogP contribution < -0.4 is 10.6 Å². The number of nitrogens with zero attached hydrogens (tertiary/aromatic N) is 1. The van der Waals surface area contributed by atoms with Crippen molar-refractivity contribution in [1.29, 1.82) is 0 Å². The molecule has 0 aliphatic carbocycles. The Morgan fingerprint density at radius 1 is 1.37 bits per heavy atom. The fourth-order valence-electron chi connectivity index (χ4n) is 1.70. The smallest absolute Gasteiger partial charge is 0.315 e. The van der Waals surface area contributed by atoms with Gasteiger partial charge in [0.05, 0.1) is 0 Å². The van der Waals surface area contributed by atoms with Crippen LogP contribution in [-0.2, 0) is 9.59 Å². The average Bonchev–Trinajstić information content (AvgIpc) is 2.91. The third-order valence-corrected chi connectivity index (χ3v) is 3.64. The van der Waals surface area contributed by atoms with Crippen LogP contribution in [0.2, 0.25) is 0 Å². The predicted octanol–water partition coefficient (Wildman–Crippen LogP) is 2.41. The molecule has 1 rings (SSSR count). The van der Waals surface area contributed by atoms with Crippen molar-refractivity contribution in [3.8, 4) is 0 Å². The molecule has 0 bridgehead atoms. The van der Waals surface area contributed by atoms with Crippen LogP contribution >= 0.6 is 11.3 Å². The number of anilines is 1. The topological polar surface area (TPSA) is 71.1 Å². The maximum absolute atomic E-state index is 11.6. The van der Waals surface area contributed by atoms with Crippen LogP contribution in [-0.4, -0.2) is 23.3 Å². The van der Waals surface area contributed by atoms with Crippen molar-refractivity contribution >= 4 is 28.3 Å². The van der Waals surface area contributed by atoms with Crippen LogP contribution in [0.4, 0.5) is 5.13 Å². The summed E-state index contributed by atoms with van der Waals surface area (Å²) in [7, 11) is 0. The Balaban J connectivity index is 2.31. The van der Waals surface area contributed by atoms with E-state index in [1.807, 2.05) is 0 Å². The minimum atomic E-state index is -0.653. The molecule has 0 radical (unpaired) electrons. The van der Waals surface area contributed by atoms with Gasteiger partial charge in [-0.2, -0.15) is 0 Å². The lowest BCUT2D eigenvalue weighted by Crippen LogP contribution is -2.38. The van der Waals surface area contributed by atoms with E-state index < -0.39 is 11.8 Å². The van der Waals surface area contributed by atoms with Crippen LogP contribution in [0.15, 0.2) is 11.6 Å². The number of aromatic nitrogens is 1. The van der Waals surface area contributed by atoms with Crippen molar-refractivity contribution in [2.75, 3.05) is 11.9 Å². The highest BCUT2D eigenvalue weighted by molar-refractivity contribution is 7.13. The lowest BCUT2D eigenvalue weighted by atomic mass is 9.99. The van der Waals surface area contributed by atoms with Gasteiger partial charge in [0.1, 0.15) is 0 Å². The van der Waals surface area contributed by atoms with Gasteiger partial charge < -0.3 is 5.32 Å². The van der Waals surface area contributed by atoms with Crippen LogP contribution in [0.5, 0.6) is 0 Å². The molecule has 6 heteroatoms. The van der Waals surface area contributed by atoms with Gasteiger partial charge in [0.15, 0.2) is 5.13 Å². The first-order valence-electron chi connectivity index (χ1n) is 6.66. The molecule has 1 heterocycles. The summed E-state index contributed by atoms with van der Waals surface area (Å²) in [4.78, 5) is 27.1. The van der Waals surface area contributed by atoms with Crippen molar-refractivity contribution in [3.63, 3.8) is 0 Å². The highest BCUT2D eigenvalue weighted by Crippen LogP contribution is 2.12. The quantitative estimate of drug-likeness (QED) is 0.755. The largest absolute Gasteiger partial charge is 0.348 e.